The third-order valence-electron chi connectivity index (χ3n) is 3.43. The van der Waals surface area contributed by atoms with Gasteiger partial charge in [-0.3, -0.25) is 0 Å². The molecular weight excluding hydrogens is 392 g/mol. The maximum Gasteiger partial charge on any atom is 2.00 e. The van der Waals surface area contributed by atoms with Crippen molar-refractivity contribution in [1.82, 2.24) is 0 Å². The number of nitrogens with zero attached hydrogens (tertiary/aromatic N) is 4. The van der Waals surface area contributed by atoms with Crippen LogP contribution in [0.5, 0.6) is 5.75 Å². The molecule has 0 aliphatic rings. The Morgan fingerprint density at radius 2 is 1.56 bits per heavy atom. The van der Waals surface area contributed by atoms with Crippen molar-refractivity contribution in [1.29, 1.82) is 0 Å². The van der Waals surface area contributed by atoms with Gasteiger partial charge in [0.25, 0.3) is 0 Å². The fraction of sp³-hybridized carbons (Fsp3) is 0. The average molecular weight is 406 g/mol. The number of para-hydroxylation sites is 1. The van der Waals surface area contributed by atoms with Crippen LogP contribution in [0, 0.1) is 0 Å². The van der Waals surface area contributed by atoms with E-state index in [0.29, 0.717) is 22.5 Å². The van der Waals surface area contributed by atoms with Crippen LogP contribution in [0.25, 0.3) is 5.43 Å². The fourth-order valence-corrected chi connectivity index (χ4v) is 2.12. The summed E-state index contributed by atoms with van der Waals surface area (Å²) >= 11 is 0. The van der Waals surface area contributed by atoms with Gasteiger partial charge in [0.1, 0.15) is 5.75 Å². The summed E-state index contributed by atoms with van der Waals surface area (Å²) in [5, 5.41) is 22.2. The van der Waals surface area contributed by atoms with Crippen molar-refractivity contribution in [2.24, 2.45) is 15.3 Å². The number of azo groups is 1. The van der Waals surface area contributed by atoms with E-state index in [9.17, 15) is 9.90 Å². The predicted molar refractivity (Wildman–Crippen MR) is 99.9 cm³/mol. The number of phenols is 1. The molecule has 0 saturated carbocycles. The molecule has 0 atom stereocenters. The van der Waals surface area contributed by atoms with Crippen LogP contribution in [0.2, 0.25) is 0 Å². The van der Waals surface area contributed by atoms with Gasteiger partial charge in [-0.05, 0) is 11.8 Å². The second kappa shape index (κ2) is 10.0. The first-order chi connectivity index (χ1) is 12.8. The molecule has 1 radical (unpaired) electrons. The minimum atomic E-state index is 0. The van der Waals surface area contributed by atoms with Gasteiger partial charge in [0.05, 0.1) is 6.29 Å². The molecule has 27 heavy (non-hydrogen) atoms. The maximum atomic E-state index is 11.0. The SMILES string of the molecule is O=[C-]c1ccccc1N=N/C(=N\[N-]c1ccccc1O)c1ccccc1.[Cu+2]. The molecule has 0 bridgehead atoms. The summed E-state index contributed by atoms with van der Waals surface area (Å²) in [4.78, 5) is 11.0. The molecular formula is C20H14CuN4O2. The van der Waals surface area contributed by atoms with E-state index in [1.165, 1.54) is 6.07 Å². The van der Waals surface area contributed by atoms with Crippen LogP contribution in [0.1, 0.15) is 11.1 Å². The molecule has 1 N–H and O–H groups in total. The minimum Gasteiger partial charge on any atom is -0.571 e. The summed E-state index contributed by atoms with van der Waals surface area (Å²) in [6.07, 6.45) is 1.82. The Hall–Kier alpha value is -3.28. The normalized spacial score (nSPS) is 11.0. The molecule has 0 aromatic heterocycles. The molecule has 0 heterocycles. The number of rotatable bonds is 5. The monoisotopic (exact) mass is 405 g/mol. The van der Waals surface area contributed by atoms with Crippen molar-refractivity contribution in [2.45, 2.75) is 0 Å². The van der Waals surface area contributed by atoms with Crippen LogP contribution in [-0.4, -0.2) is 17.2 Å². The Bertz CT molecular complexity index is 959. The van der Waals surface area contributed by atoms with E-state index >= 15 is 0 Å². The van der Waals surface area contributed by atoms with Crippen LogP contribution < -0.4 is 0 Å². The van der Waals surface area contributed by atoms with Crippen molar-refractivity contribution in [3.8, 4) is 5.75 Å². The predicted octanol–water partition coefficient (Wildman–Crippen LogP) is 5.00. The largest absolute Gasteiger partial charge is 2.00 e. The van der Waals surface area contributed by atoms with Crippen LogP contribution in [0.15, 0.2) is 94.2 Å². The number of hydrogen-bond acceptors (Lipinski definition) is 4. The van der Waals surface area contributed by atoms with Crippen molar-refractivity contribution in [3.63, 3.8) is 0 Å². The number of benzene rings is 3. The summed E-state index contributed by atoms with van der Waals surface area (Å²) < 4.78 is 0. The number of hydrogen-bond donors (Lipinski definition) is 1. The van der Waals surface area contributed by atoms with Crippen molar-refractivity contribution >= 4 is 23.5 Å². The second-order valence-electron chi connectivity index (χ2n) is 5.20. The first kappa shape index (κ1) is 20.0. The standard InChI is InChI=1S/C20H14N4O2.Cu/c25-14-16-10-4-5-11-17(16)21-23-20(15-8-2-1-3-9-15)24-22-18-12-6-7-13-19(18)26;/h1-13H,(H-,21,22,23,24,25,26);/q-2;+2. The van der Waals surface area contributed by atoms with E-state index in [2.05, 4.69) is 20.8 Å². The summed E-state index contributed by atoms with van der Waals surface area (Å²) in [6.45, 7) is 0. The second-order valence-corrected chi connectivity index (χ2v) is 5.20. The zero-order chi connectivity index (χ0) is 18.2. The third kappa shape index (κ3) is 5.34. The quantitative estimate of drug-likeness (QED) is 0.162. The first-order valence-corrected chi connectivity index (χ1v) is 7.79. The molecule has 0 aliphatic carbocycles. The molecule has 137 valence electrons. The van der Waals surface area contributed by atoms with E-state index in [4.69, 9.17) is 0 Å². The topological polar surface area (TPSA) is 88.5 Å². The molecule has 3 aromatic carbocycles. The molecule has 0 saturated heterocycles. The molecule has 3 rings (SSSR count). The summed E-state index contributed by atoms with van der Waals surface area (Å²) in [6, 6.07) is 22.5. The fourth-order valence-electron chi connectivity index (χ4n) is 2.12. The molecule has 0 aliphatic heterocycles. The van der Waals surface area contributed by atoms with Gasteiger partial charge >= 0.3 is 17.1 Å². The smallest absolute Gasteiger partial charge is 0.571 e. The number of amidine groups is 1. The first-order valence-electron chi connectivity index (χ1n) is 7.79. The van der Waals surface area contributed by atoms with Gasteiger partial charge in [0.2, 0.25) is 0 Å². The molecule has 6 nitrogen and oxygen atoms in total. The Balaban J connectivity index is 0.00000261. The molecule has 0 fully saturated rings. The van der Waals surface area contributed by atoms with Crippen LogP contribution in [-0.2, 0) is 21.9 Å². The molecule has 0 unspecified atom stereocenters. The van der Waals surface area contributed by atoms with Gasteiger partial charge in [0, 0.05) is 5.56 Å². The molecule has 0 amide bonds. The third-order valence-corrected chi connectivity index (χ3v) is 3.43. The van der Waals surface area contributed by atoms with Crippen LogP contribution in [0.3, 0.4) is 0 Å². The van der Waals surface area contributed by atoms with E-state index in [0.717, 1.165) is 0 Å². The van der Waals surface area contributed by atoms with Gasteiger partial charge in [-0.25, -0.2) is 5.11 Å². The van der Waals surface area contributed by atoms with Gasteiger partial charge in [-0.2, -0.15) is 6.07 Å². The van der Waals surface area contributed by atoms with Crippen molar-refractivity contribution in [2.75, 3.05) is 0 Å². The zero-order valence-corrected chi connectivity index (χ0v) is 14.9. The van der Waals surface area contributed by atoms with E-state index in [1.807, 2.05) is 36.6 Å². The number of phenolic OH excluding ortho intramolecular Hbond substituents is 1. The number of aromatic hydroxyl groups is 1. The molecule has 3 aromatic rings. The Morgan fingerprint density at radius 1 is 0.889 bits per heavy atom. The summed E-state index contributed by atoms with van der Waals surface area (Å²) in [5.74, 6) is 0.260. The summed E-state index contributed by atoms with van der Waals surface area (Å²) in [5.41, 5.74) is 5.75. The minimum absolute atomic E-state index is 0. The molecule has 0 spiro atoms. The van der Waals surface area contributed by atoms with E-state index < -0.39 is 0 Å². The Kier molecular flexibility index (Phi) is 7.43. The zero-order valence-electron chi connectivity index (χ0n) is 14.0. The average Bonchev–Trinajstić information content (AvgIpc) is 2.70. The Morgan fingerprint density at radius 3 is 2.30 bits per heavy atom. The molecule has 7 heteroatoms. The van der Waals surface area contributed by atoms with Crippen LogP contribution in [0.4, 0.5) is 11.4 Å². The van der Waals surface area contributed by atoms with Gasteiger partial charge in [-0.15, -0.1) is 16.7 Å². The van der Waals surface area contributed by atoms with E-state index in [-0.39, 0.29) is 28.7 Å². The van der Waals surface area contributed by atoms with Crippen molar-refractivity contribution < 1.29 is 27.0 Å². The van der Waals surface area contributed by atoms with Gasteiger partial charge in [0.15, 0.2) is 5.84 Å². The Labute approximate surface area is 167 Å². The van der Waals surface area contributed by atoms with Crippen LogP contribution >= 0.6 is 0 Å². The maximum absolute atomic E-state index is 11.0. The van der Waals surface area contributed by atoms with Gasteiger partial charge < -0.3 is 20.4 Å². The number of carbonyl (C=O) groups excluding carboxylic acids is 1. The summed E-state index contributed by atoms with van der Waals surface area (Å²) in [7, 11) is 0. The van der Waals surface area contributed by atoms with Gasteiger partial charge in [-0.1, -0.05) is 66.4 Å². The van der Waals surface area contributed by atoms with E-state index in [1.54, 1.807) is 42.5 Å². The van der Waals surface area contributed by atoms with Crippen molar-refractivity contribution in [3.05, 3.63) is 95.4 Å².